The Morgan fingerprint density at radius 3 is 2.67 bits per heavy atom. The van der Waals surface area contributed by atoms with Crippen molar-refractivity contribution >= 4 is 16.9 Å². The zero-order valence-electron chi connectivity index (χ0n) is 10.7. The number of aromatic nitrogens is 3. The van der Waals surface area contributed by atoms with E-state index in [0.717, 1.165) is 29.4 Å². The van der Waals surface area contributed by atoms with Crippen molar-refractivity contribution in [3.05, 3.63) is 18.1 Å². The highest BCUT2D eigenvalue weighted by Gasteiger charge is 2.05. The number of nitrogens with zero attached hydrogens (tertiary/aromatic N) is 2. The molecule has 0 atom stereocenters. The molecule has 6 N–H and O–H groups in total. The van der Waals surface area contributed by atoms with Gasteiger partial charge in [-0.3, -0.25) is 0 Å². The fourth-order valence-corrected chi connectivity index (χ4v) is 1.53. The molecule has 0 aliphatic heterocycles. The molecule has 6 nitrogen and oxygen atoms in total. The van der Waals surface area contributed by atoms with Crippen LogP contribution in [0.15, 0.2) is 12.5 Å². The minimum atomic E-state index is 0.355. The number of hydrogen-bond donors (Lipinski definition) is 4. The molecular weight excluding hydrogens is 230 g/mol. The Morgan fingerprint density at radius 2 is 2.11 bits per heavy atom. The lowest BCUT2D eigenvalue weighted by Crippen LogP contribution is -1.96. The minimum Gasteiger partial charge on any atom is -0.396 e. The monoisotopic (exact) mass is 251 g/mol. The molecule has 0 fully saturated rings. The highest BCUT2D eigenvalue weighted by molar-refractivity contribution is 5.86. The van der Waals surface area contributed by atoms with Gasteiger partial charge in [0, 0.05) is 24.9 Å². The van der Waals surface area contributed by atoms with Gasteiger partial charge in [0.2, 0.25) is 0 Å². The number of rotatable bonds is 4. The van der Waals surface area contributed by atoms with Crippen molar-refractivity contribution in [3.8, 4) is 0 Å². The van der Waals surface area contributed by atoms with E-state index >= 15 is 0 Å². The molecular formula is C12H21N5O. The number of aliphatic hydroxyl groups excluding tert-OH is 1. The van der Waals surface area contributed by atoms with Gasteiger partial charge < -0.3 is 21.6 Å². The van der Waals surface area contributed by atoms with Crippen LogP contribution < -0.4 is 11.5 Å². The maximum Gasteiger partial charge on any atom is 0.151 e. The van der Waals surface area contributed by atoms with Crippen molar-refractivity contribution in [3.63, 3.8) is 0 Å². The van der Waals surface area contributed by atoms with Crippen LogP contribution in [0.5, 0.6) is 0 Å². The minimum absolute atomic E-state index is 0.355. The predicted octanol–water partition coefficient (Wildman–Crippen LogP) is 1.17. The Kier molecular flexibility index (Phi) is 6.10. The molecule has 6 heteroatoms. The highest BCUT2D eigenvalue weighted by Crippen LogP contribution is 2.17. The summed E-state index contributed by atoms with van der Waals surface area (Å²) in [6, 6.07) is 0. The van der Waals surface area contributed by atoms with Crippen molar-refractivity contribution in [2.45, 2.75) is 32.7 Å². The summed E-state index contributed by atoms with van der Waals surface area (Å²) in [5.41, 5.74) is 13.6. The Bertz CT molecular complexity index is 464. The number of unbranched alkanes of at least 4 members (excludes halogenated alkanes) is 2. The van der Waals surface area contributed by atoms with Gasteiger partial charge in [0.05, 0.1) is 5.52 Å². The maximum atomic E-state index is 8.20. The van der Waals surface area contributed by atoms with E-state index in [2.05, 4.69) is 21.9 Å². The number of H-pyrrole nitrogens is 1. The number of anilines is 1. The number of hydrogen-bond acceptors (Lipinski definition) is 5. The summed E-state index contributed by atoms with van der Waals surface area (Å²) in [7, 11) is 0. The number of fused-ring (bicyclic) bond motifs is 1. The average molecular weight is 251 g/mol. The number of nitrogens with one attached hydrogen (secondary N) is 1. The van der Waals surface area contributed by atoms with E-state index in [4.69, 9.17) is 16.6 Å². The summed E-state index contributed by atoms with van der Waals surface area (Å²) in [4.78, 5) is 10.9. The van der Waals surface area contributed by atoms with E-state index in [1.54, 1.807) is 6.20 Å². The van der Waals surface area contributed by atoms with Gasteiger partial charge in [0.15, 0.2) is 5.82 Å². The van der Waals surface area contributed by atoms with E-state index in [1.807, 2.05) is 0 Å². The first kappa shape index (κ1) is 14.4. The maximum absolute atomic E-state index is 8.20. The molecule has 0 spiro atoms. The smallest absolute Gasteiger partial charge is 0.151 e. The molecule has 0 aliphatic rings. The van der Waals surface area contributed by atoms with Crippen molar-refractivity contribution in [2.24, 2.45) is 5.73 Å². The lowest BCUT2D eigenvalue weighted by molar-refractivity contribution is 0.284. The van der Waals surface area contributed by atoms with Crippen molar-refractivity contribution in [1.82, 2.24) is 15.0 Å². The first-order chi connectivity index (χ1) is 8.74. The van der Waals surface area contributed by atoms with E-state index < -0.39 is 0 Å². The van der Waals surface area contributed by atoms with Gasteiger partial charge in [0.1, 0.15) is 11.8 Å². The van der Waals surface area contributed by atoms with Crippen LogP contribution in [0.3, 0.4) is 0 Å². The van der Waals surface area contributed by atoms with Gasteiger partial charge in [-0.2, -0.15) is 0 Å². The molecule has 2 aromatic heterocycles. The fourth-order valence-electron chi connectivity index (χ4n) is 1.53. The molecule has 2 heterocycles. The first-order valence-corrected chi connectivity index (χ1v) is 6.11. The Labute approximate surface area is 106 Å². The standard InChI is InChI=1S/C7H9N5.C5H12O/c8-1-4-2-10-6-5(4)11-3-12-7(6)9;1-2-3-4-5-6/h2-3,10H,1,8H2,(H2,9,11,12);6H,2-5H2,1H3. The normalized spacial score (nSPS) is 10.2. The van der Waals surface area contributed by atoms with Crippen LogP contribution in [0, 0.1) is 0 Å². The summed E-state index contributed by atoms with van der Waals surface area (Å²) >= 11 is 0. The van der Waals surface area contributed by atoms with Gasteiger partial charge in [-0.1, -0.05) is 19.8 Å². The summed E-state index contributed by atoms with van der Waals surface area (Å²) in [5.74, 6) is 0.458. The second-order valence-electron chi connectivity index (χ2n) is 3.93. The lowest BCUT2D eigenvalue weighted by atomic mass is 10.3. The molecule has 100 valence electrons. The molecule has 2 rings (SSSR count). The van der Waals surface area contributed by atoms with Crippen LogP contribution in [0.4, 0.5) is 5.82 Å². The summed E-state index contributed by atoms with van der Waals surface area (Å²) in [6.45, 7) is 2.93. The molecule has 0 aliphatic carbocycles. The quantitative estimate of drug-likeness (QED) is 0.609. The third-order valence-electron chi connectivity index (χ3n) is 2.55. The lowest BCUT2D eigenvalue weighted by Gasteiger charge is -1.94. The molecule has 0 radical (unpaired) electrons. The van der Waals surface area contributed by atoms with Crippen molar-refractivity contribution < 1.29 is 5.11 Å². The Balaban J connectivity index is 0.000000232. The van der Waals surface area contributed by atoms with E-state index in [9.17, 15) is 0 Å². The number of nitrogens with two attached hydrogens (primary N) is 2. The molecule has 0 unspecified atom stereocenters. The summed E-state index contributed by atoms with van der Waals surface area (Å²) in [6.07, 6.45) is 6.56. The Hall–Kier alpha value is -1.66. The van der Waals surface area contributed by atoms with Gasteiger partial charge in [0.25, 0.3) is 0 Å². The Morgan fingerprint density at radius 1 is 1.33 bits per heavy atom. The highest BCUT2D eigenvalue weighted by atomic mass is 16.2. The molecule has 0 amide bonds. The van der Waals surface area contributed by atoms with Crippen molar-refractivity contribution in [1.29, 1.82) is 0 Å². The number of aliphatic hydroxyl groups is 1. The first-order valence-electron chi connectivity index (χ1n) is 6.11. The zero-order valence-corrected chi connectivity index (χ0v) is 10.7. The number of aromatic amines is 1. The van der Waals surface area contributed by atoms with Crippen LogP contribution >= 0.6 is 0 Å². The number of nitrogen functional groups attached to an aromatic ring is 1. The molecule has 0 saturated carbocycles. The van der Waals surface area contributed by atoms with Crippen molar-refractivity contribution in [2.75, 3.05) is 12.3 Å². The van der Waals surface area contributed by atoms with Gasteiger partial charge in [-0.25, -0.2) is 9.97 Å². The van der Waals surface area contributed by atoms with Gasteiger partial charge in [-0.05, 0) is 6.42 Å². The van der Waals surface area contributed by atoms with Crippen LogP contribution in [0.1, 0.15) is 31.7 Å². The second-order valence-corrected chi connectivity index (χ2v) is 3.93. The summed E-state index contributed by atoms with van der Waals surface area (Å²) in [5, 5.41) is 8.20. The topological polar surface area (TPSA) is 114 Å². The van der Waals surface area contributed by atoms with Crippen LogP contribution in [0.2, 0.25) is 0 Å². The SMILES string of the molecule is CCCCCO.NCc1c[nH]c2c(N)ncnc12. The van der Waals surface area contributed by atoms with Crippen LogP contribution in [-0.2, 0) is 6.54 Å². The van der Waals surface area contributed by atoms with Crippen LogP contribution in [-0.4, -0.2) is 26.7 Å². The largest absolute Gasteiger partial charge is 0.396 e. The average Bonchev–Trinajstić information content (AvgIpc) is 2.81. The predicted molar refractivity (Wildman–Crippen MR) is 72.8 cm³/mol. The van der Waals surface area contributed by atoms with E-state index in [-0.39, 0.29) is 0 Å². The van der Waals surface area contributed by atoms with E-state index in [0.29, 0.717) is 19.0 Å². The molecule has 18 heavy (non-hydrogen) atoms. The molecule has 0 bridgehead atoms. The summed E-state index contributed by atoms with van der Waals surface area (Å²) < 4.78 is 0. The van der Waals surface area contributed by atoms with Gasteiger partial charge >= 0.3 is 0 Å². The molecule has 2 aromatic rings. The van der Waals surface area contributed by atoms with Gasteiger partial charge in [-0.15, -0.1) is 0 Å². The van der Waals surface area contributed by atoms with E-state index in [1.165, 1.54) is 12.7 Å². The van der Waals surface area contributed by atoms with Crippen LogP contribution in [0.25, 0.3) is 11.0 Å². The fraction of sp³-hybridized carbons (Fsp3) is 0.500. The third kappa shape index (κ3) is 3.68. The third-order valence-corrected chi connectivity index (χ3v) is 2.55. The molecule has 0 saturated heterocycles. The molecule has 0 aromatic carbocycles. The zero-order chi connectivity index (χ0) is 13.4. The second kappa shape index (κ2) is 7.62.